The zero-order valence-corrected chi connectivity index (χ0v) is 10.9. The fourth-order valence-electron chi connectivity index (χ4n) is 1.53. The van der Waals surface area contributed by atoms with Crippen LogP contribution in [0.25, 0.3) is 0 Å². The number of imidazole rings is 1. The van der Waals surface area contributed by atoms with Crippen molar-refractivity contribution in [3.05, 3.63) is 30.1 Å². The molecule has 0 atom stereocenters. The van der Waals surface area contributed by atoms with Crippen molar-refractivity contribution in [1.82, 2.24) is 9.97 Å². The van der Waals surface area contributed by atoms with E-state index in [4.69, 9.17) is 5.73 Å². The lowest BCUT2D eigenvalue weighted by Crippen LogP contribution is -1.98. The van der Waals surface area contributed by atoms with E-state index in [1.165, 1.54) is 18.4 Å². The third kappa shape index (κ3) is 2.62. The molecular formula is C11H14N4O2S. The van der Waals surface area contributed by atoms with Crippen molar-refractivity contribution in [3.63, 3.8) is 0 Å². The van der Waals surface area contributed by atoms with Gasteiger partial charge in [-0.1, -0.05) is 0 Å². The van der Waals surface area contributed by atoms with E-state index in [0.29, 0.717) is 17.5 Å². The smallest absolute Gasteiger partial charge is 0.175 e. The van der Waals surface area contributed by atoms with Crippen molar-refractivity contribution in [2.45, 2.75) is 11.8 Å². The van der Waals surface area contributed by atoms with Gasteiger partial charge in [0.1, 0.15) is 11.6 Å². The van der Waals surface area contributed by atoms with Gasteiger partial charge in [0.25, 0.3) is 0 Å². The summed E-state index contributed by atoms with van der Waals surface area (Å²) in [7, 11) is -3.17. The lowest BCUT2D eigenvalue weighted by atomic mass is 10.3. The molecule has 0 aliphatic carbocycles. The number of anilines is 3. The van der Waals surface area contributed by atoms with Gasteiger partial charge in [0.15, 0.2) is 15.7 Å². The van der Waals surface area contributed by atoms with Crippen molar-refractivity contribution in [2.75, 3.05) is 17.3 Å². The highest BCUT2D eigenvalue weighted by Gasteiger charge is 2.08. The molecule has 1 heterocycles. The number of benzene rings is 1. The summed E-state index contributed by atoms with van der Waals surface area (Å²) < 4.78 is 22.6. The van der Waals surface area contributed by atoms with E-state index in [0.717, 1.165) is 5.69 Å². The number of sulfone groups is 1. The topological polar surface area (TPSA) is 101 Å². The number of hydrogen-bond acceptors (Lipinski definition) is 5. The Kier molecular flexibility index (Phi) is 3.00. The quantitative estimate of drug-likeness (QED) is 0.780. The third-order valence-corrected chi connectivity index (χ3v) is 3.52. The van der Waals surface area contributed by atoms with Crippen LogP contribution in [0, 0.1) is 6.92 Å². The van der Waals surface area contributed by atoms with Crippen LogP contribution < -0.4 is 11.1 Å². The highest BCUT2D eigenvalue weighted by molar-refractivity contribution is 7.90. The molecule has 18 heavy (non-hydrogen) atoms. The van der Waals surface area contributed by atoms with Crippen LogP contribution in [-0.2, 0) is 9.84 Å². The summed E-state index contributed by atoms with van der Waals surface area (Å²) in [4.78, 5) is 7.32. The number of H-pyrrole nitrogens is 1. The van der Waals surface area contributed by atoms with Crippen LogP contribution in [0.3, 0.4) is 0 Å². The first-order valence-electron chi connectivity index (χ1n) is 5.25. The normalized spacial score (nSPS) is 11.4. The van der Waals surface area contributed by atoms with Crippen LogP contribution in [0.2, 0.25) is 0 Å². The molecule has 0 radical (unpaired) electrons. The van der Waals surface area contributed by atoms with Gasteiger partial charge in [0.05, 0.1) is 4.90 Å². The first kappa shape index (κ1) is 12.4. The van der Waals surface area contributed by atoms with Gasteiger partial charge >= 0.3 is 0 Å². The summed E-state index contributed by atoms with van der Waals surface area (Å²) in [6.07, 6.45) is 1.17. The Morgan fingerprint density at radius 3 is 2.33 bits per heavy atom. The highest BCUT2D eigenvalue weighted by atomic mass is 32.2. The van der Waals surface area contributed by atoms with Gasteiger partial charge in [-0.3, -0.25) is 0 Å². The van der Waals surface area contributed by atoms with E-state index in [1.807, 2.05) is 0 Å². The maximum absolute atomic E-state index is 11.3. The lowest BCUT2D eigenvalue weighted by Gasteiger charge is -2.05. The van der Waals surface area contributed by atoms with Crippen molar-refractivity contribution < 1.29 is 8.42 Å². The molecule has 96 valence electrons. The van der Waals surface area contributed by atoms with Gasteiger partial charge in [0, 0.05) is 11.9 Å². The zero-order valence-electron chi connectivity index (χ0n) is 10.1. The number of aromatic nitrogens is 2. The molecule has 7 heteroatoms. The Hall–Kier alpha value is -2.02. The number of nitrogens with two attached hydrogens (primary N) is 1. The molecule has 4 N–H and O–H groups in total. The minimum absolute atomic E-state index is 0.277. The summed E-state index contributed by atoms with van der Waals surface area (Å²) in [5, 5.41) is 3.01. The second-order valence-corrected chi connectivity index (χ2v) is 6.02. The van der Waals surface area contributed by atoms with Crippen molar-refractivity contribution in [3.8, 4) is 0 Å². The zero-order chi connectivity index (χ0) is 13.3. The molecule has 2 aromatic rings. The molecule has 0 bridgehead atoms. The predicted molar refractivity (Wildman–Crippen MR) is 70.6 cm³/mol. The second-order valence-electron chi connectivity index (χ2n) is 4.01. The summed E-state index contributed by atoms with van der Waals surface area (Å²) in [5.74, 6) is 1.68. The van der Waals surface area contributed by atoms with Gasteiger partial charge in [-0.15, -0.1) is 0 Å². The molecule has 0 saturated heterocycles. The molecule has 0 saturated carbocycles. The first-order chi connectivity index (χ1) is 8.36. The van der Waals surface area contributed by atoms with E-state index >= 15 is 0 Å². The van der Waals surface area contributed by atoms with Crippen molar-refractivity contribution in [2.24, 2.45) is 0 Å². The van der Waals surface area contributed by atoms with E-state index in [2.05, 4.69) is 15.3 Å². The molecule has 2 rings (SSSR count). The molecular weight excluding hydrogens is 252 g/mol. The van der Waals surface area contributed by atoms with E-state index in [-0.39, 0.29) is 4.90 Å². The Labute approximate surface area is 105 Å². The monoisotopic (exact) mass is 266 g/mol. The number of rotatable bonds is 3. The molecule has 0 amide bonds. The lowest BCUT2D eigenvalue weighted by molar-refractivity contribution is 0.602. The van der Waals surface area contributed by atoms with Gasteiger partial charge in [-0.05, 0) is 31.2 Å². The number of hydrogen-bond donors (Lipinski definition) is 3. The standard InChI is InChI=1S/C11H14N4O2S/c1-7-13-10(12)11(14-7)15-8-3-5-9(6-4-8)18(2,16)17/h3-6,15H,12H2,1-2H3,(H,13,14). The summed E-state index contributed by atoms with van der Waals surface area (Å²) in [6.45, 7) is 1.80. The summed E-state index contributed by atoms with van der Waals surface area (Å²) in [5.41, 5.74) is 6.43. The summed E-state index contributed by atoms with van der Waals surface area (Å²) >= 11 is 0. The number of nitrogen functional groups attached to an aromatic ring is 1. The first-order valence-corrected chi connectivity index (χ1v) is 7.14. The number of aromatic amines is 1. The molecule has 0 aliphatic rings. The minimum Gasteiger partial charge on any atom is -0.382 e. The fraction of sp³-hybridized carbons (Fsp3) is 0.182. The summed E-state index contributed by atoms with van der Waals surface area (Å²) in [6, 6.07) is 6.40. The van der Waals surface area contributed by atoms with Crippen LogP contribution >= 0.6 is 0 Å². The van der Waals surface area contributed by atoms with E-state index in [9.17, 15) is 8.42 Å². The van der Waals surface area contributed by atoms with Crippen molar-refractivity contribution in [1.29, 1.82) is 0 Å². The Morgan fingerprint density at radius 2 is 1.89 bits per heavy atom. The average Bonchev–Trinajstić information content (AvgIpc) is 2.57. The molecule has 1 aromatic heterocycles. The van der Waals surface area contributed by atoms with Crippen LogP contribution in [0.1, 0.15) is 5.82 Å². The largest absolute Gasteiger partial charge is 0.382 e. The molecule has 0 fully saturated rings. The molecule has 0 spiro atoms. The fourth-order valence-corrected chi connectivity index (χ4v) is 2.16. The molecule has 0 unspecified atom stereocenters. The Morgan fingerprint density at radius 1 is 1.28 bits per heavy atom. The van der Waals surface area contributed by atoms with Gasteiger partial charge in [-0.2, -0.15) is 0 Å². The van der Waals surface area contributed by atoms with Gasteiger partial charge in [-0.25, -0.2) is 13.4 Å². The molecule has 6 nitrogen and oxygen atoms in total. The van der Waals surface area contributed by atoms with E-state index in [1.54, 1.807) is 19.1 Å². The van der Waals surface area contributed by atoms with Gasteiger partial charge < -0.3 is 16.0 Å². The van der Waals surface area contributed by atoms with Crippen LogP contribution in [-0.4, -0.2) is 24.6 Å². The van der Waals surface area contributed by atoms with Crippen molar-refractivity contribution >= 4 is 27.2 Å². The molecule has 0 aliphatic heterocycles. The van der Waals surface area contributed by atoms with E-state index < -0.39 is 9.84 Å². The third-order valence-electron chi connectivity index (χ3n) is 2.40. The SMILES string of the molecule is Cc1nc(Nc2ccc(S(C)(=O)=O)cc2)c(N)[nH]1. The van der Waals surface area contributed by atoms with Crippen LogP contribution in [0.4, 0.5) is 17.3 Å². The van der Waals surface area contributed by atoms with Gasteiger partial charge in [0.2, 0.25) is 0 Å². The maximum atomic E-state index is 11.3. The molecule has 1 aromatic carbocycles. The predicted octanol–water partition coefficient (Wildman–Crippen LogP) is 1.45. The van der Waals surface area contributed by atoms with Crippen LogP contribution in [0.5, 0.6) is 0 Å². The van der Waals surface area contributed by atoms with Crippen LogP contribution in [0.15, 0.2) is 29.2 Å². The number of aryl methyl sites for hydroxylation is 1. The Balaban J connectivity index is 2.24. The Bertz CT molecular complexity index is 659. The minimum atomic E-state index is -3.17. The highest BCUT2D eigenvalue weighted by Crippen LogP contribution is 2.21. The number of nitrogens with one attached hydrogen (secondary N) is 2. The average molecular weight is 266 g/mol. The second kappa shape index (κ2) is 4.34. The maximum Gasteiger partial charge on any atom is 0.175 e. The number of nitrogens with zero attached hydrogens (tertiary/aromatic N) is 1.